The van der Waals surface area contributed by atoms with E-state index >= 15 is 0 Å². The number of thiophene rings is 1. The number of hydrogen-bond donors (Lipinski definition) is 0. The predicted molar refractivity (Wildman–Crippen MR) is 82.7 cm³/mol. The second kappa shape index (κ2) is 5.59. The summed E-state index contributed by atoms with van der Waals surface area (Å²) in [5.41, 5.74) is 2.78. The molecule has 0 saturated heterocycles. The van der Waals surface area contributed by atoms with Gasteiger partial charge in [0.1, 0.15) is 5.78 Å². The van der Waals surface area contributed by atoms with Gasteiger partial charge in [0.05, 0.1) is 3.79 Å². The van der Waals surface area contributed by atoms with Gasteiger partial charge in [-0.05, 0) is 58.5 Å². The summed E-state index contributed by atoms with van der Waals surface area (Å²) in [6.45, 7) is 0. The summed E-state index contributed by atoms with van der Waals surface area (Å²) in [7, 11) is 0. The molecule has 1 heterocycles. The second-order valence-corrected chi connectivity index (χ2v) is 7.60. The van der Waals surface area contributed by atoms with E-state index in [2.05, 4.69) is 40.2 Å². The molecule has 2 aromatic rings. The molecule has 0 aliphatic heterocycles. The molecular weight excluding hydrogens is 320 g/mol. The predicted octanol–water partition coefficient (Wildman–Crippen LogP) is 4.43. The molecule has 1 unspecified atom stereocenters. The molecule has 98 valence electrons. The lowest BCUT2D eigenvalue weighted by atomic mass is 9.81. The van der Waals surface area contributed by atoms with E-state index in [0.29, 0.717) is 12.2 Å². The fourth-order valence-corrected chi connectivity index (χ4v) is 4.23. The Kier molecular flexibility index (Phi) is 3.85. The van der Waals surface area contributed by atoms with E-state index in [-0.39, 0.29) is 5.92 Å². The monoisotopic (exact) mass is 334 g/mol. The smallest absolute Gasteiger partial charge is 0.141 e. The lowest BCUT2D eigenvalue weighted by Gasteiger charge is -2.23. The van der Waals surface area contributed by atoms with Crippen molar-refractivity contribution in [3.05, 3.63) is 56.2 Å². The highest BCUT2D eigenvalue weighted by Gasteiger charge is 2.24. The number of rotatable bonds is 3. The number of carbonyl (C=O) groups is 1. The molecule has 19 heavy (non-hydrogen) atoms. The zero-order chi connectivity index (χ0) is 13.2. The third-order valence-electron chi connectivity index (χ3n) is 3.78. The lowest BCUT2D eigenvalue weighted by molar-refractivity contribution is -0.122. The average molecular weight is 335 g/mol. The van der Waals surface area contributed by atoms with Crippen molar-refractivity contribution in [3.63, 3.8) is 0 Å². The van der Waals surface area contributed by atoms with Gasteiger partial charge in [-0.1, -0.05) is 24.3 Å². The number of halogens is 1. The number of Topliss-reactive ketones (excluding diaryl/α,β-unsaturated/α-hetero) is 1. The quantitative estimate of drug-likeness (QED) is 0.811. The minimum Gasteiger partial charge on any atom is -0.299 e. The Bertz CT molecular complexity index is 602. The minimum absolute atomic E-state index is 0.204. The fourth-order valence-electron chi connectivity index (χ4n) is 2.74. The first-order valence-corrected chi connectivity index (χ1v) is 8.17. The van der Waals surface area contributed by atoms with Gasteiger partial charge in [0, 0.05) is 17.2 Å². The molecule has 1 aliphatic rings. The largest absolute Gasteiger partial charge is 0.299 e. The molecule has 1 aromatic carbocycles. The van der Waals surface area contributed by atoms with E-state index in [4.69, 9.17) is 0 Å². The van der Waals surface area contributed by atoms with Crippen LogP contribution in [0.3, 0.4) is 0 Å². The van der Waals surface area contributed by atoms with Gasteiger partial charge in [0.25, 0.3) is 0 Å². The number of benzene rings is 1. The van der Waals surface area contributed by atoms with E-state index in [0.717, 1.165) is 27.9 Å². The van der Waals surface area contributed by atoms with Crippen molar-refractivity contribution in [1.29, 1.82) is 0 Å². The van der Waals surface area contributed by atoms with Crippen LogP contribution < -0.4 is 0 Å². The molecule has 0 fully saturated rings. The third kappa shape index (κ3) is 2.98. The number of fused-ring (bicyclic) bond motifs is 1. The maximum absolute atomic E-state index is 12.4. The summed E-state index contributed by atoms with van der Waals surface area (Å²) in [5, 5.41) is 0. The van der Waals surface area contributed by atoms with E-state index in [9.17, 15) is 4.79 Å². The highest BCUT2D eigenvalue weighted by atomic mass is 79.9. The number of hydrogen-bond acceptors (Lipinski definition) is 2. The Morgan fingerprint density at radius 2 is 2.00 bits per heavy atom. The second-order valence-electron chi connectivity index (χ2n) is 5.06. The summed E-state index contributed by atoms with van der Waals surface area (Å²) >= 11 is 5.11. The van der Waals surface area contributed by atoms with Gasteiger partial charge in [0.15, 0.2) is 0 Å². The van der Waals surface area contributed by atoms with Crippen molar-refractivity contribution in [2.45, 2.75) is 25.7 Å². The standard InChI is InChI=1S/C16H15BrOS/c17-16-8-7-14(19-16)10-15(18)13-6-5-11-3-1-2-4-12(11)9-13/h1-4,7-8,13H,5-6,9-10H2. The Morgan fingerprint density at radius 1 is 1.21 bits per heavy atom. The van der Waals surface area contributed by atoms with Crippen LogP contribution in [0.25, 0.3) is 0 Å². The molecule has 1 aromatic heterocycles. The molecule has 0 saturated carbocycles. The van der Waals surface area contributed by atoms with Crippen LogP contribution in [0.15, 0.2) is 40.2 Å². The maximum atomic E-state index is 12.4. The Labute approximate surface area is 125 Å². The SMILES string of the molecule is O=C(Cc1ccc(Br)s1)C1CCc2ccccc2C1. The molecule has 3 heteroatoms. The van der Waals surface area contributed by atoms with E-state index < -0.39 is 0 Å². The molecule has 3 rings (SSSR count). The Morgan fingerprint density at radius 3 is 2.74 bits per heavy atom. The molecule has 0 bridgehead atoms. The lowest BCUT2D eigenvalue weighted by Crippen LogP contribution is -2.23. The fraction of sp³-hybridized carbons (Fsp3) is 0.312. The highest BCUT2D eigenvalue weighted by Crippen LogP contribution is 2.28. The van der Waals surface area contributed by atoms with Crippen molar-refractivity contribution >= 4 is 33.0 Å². The van der Waals surface area contributed by atoms with Gasteiger partial charge < -0.3 is 0 Å². The summed E-state index contributed by atoms with van der Waals surface area (Å²) < 4.78 is 1.10. The zero-order valence-corrected chi connectivity index (χ0v) is 13.0. The zero-order valence-electron chi connectivity index (χ0n) is 10.6. The third-order valence-corrected chi connectivity index (χ3v) is 5.40. The van der Waals surface area contributed by atoms with Gasteiger partial charge in [-0.3, -0.25) is 4.79 Å². The van der Waals surface area contributed by atoms with Crippen LogP contribution in [-0.2, 0) is 24.1 Å². The van der Waals surface area contributed by atoms with Gasteiger partial charge >= 0.3 is 0 Å². The van der Waals surface area contributed by atoms with Crippen LogP contribution in [0.5, 0.6) is 0 Å². The van der Waals surface area contributed by atoms with Crippen molar-refractivity contribution < 1.29 is 4.79 Å². The summed E-state index contributed by atoms with van der Waals surface area (Å²) in [4.78, 5) is 13.5. The van der Waals surface area contributed by atoms with Crippen LogP contribution in [-0.4, -0.2) is 5.78 Å². The van der Waals surface area contributed by atoms with Crippen LogP contribution in [0.2, 0.25) is 0 Å². The normalized spacial score (nSPS) is 18.1. The molecule has 1 nitrogen and oxygen atoms in total. The van der Waals surface area contributed by atoms with E-state index in [1.54, 1.807) is 11.3 Å². The van der Waals surface area contributed by atoms with Crippen molar-refractivity contribution in [2.75, 3.05) is 0 Å². The molecule has 0 radical (unpaired) electrons. The Hall–Kier alpha value is -0.930. The van der Waals surface area contributed by atoms with Crippen LogP contribution in [0, 0.1) is 5.92 Å². The van der Waals surface area contributed by atoms with Crippen LogP contribution in [0.1, 0.15) is 22.4 Å². The first-order valence-electron chi connectivity index (χ1n) is 6.56. The van der Waals surface area contributed by atoms with E-state index in [1.807, 2.05) is 12.1 Å². The molecule has 1 aliphatic carbocycles. The number of aryl methyl sites for hydroxylation is 1. The first kappa shape index (κ1) is 13.1. The van der Waals surface area contributed by atoms with Crippen molar-refractivity contribution in [2.24, 2.45) is 5.92 Å². The summed E-state index contributed by atoms with van der Waals surface area (Å²) in [6.07, 6.45) is 3.55. The number of ketones is 1. The summed E-state index contributed by atoms with van der Waals surface area (Å²) in [5.74, 6) is 0.597. The van der Waals surface area contributed by atoms with E-state index in [1.165, 1.54) is 11.1 Å². The maximum Gasteiger partial charge on any atom is 0.141 e. The minimum atomic E-state index is 0.204. The van der Waals surface area contributed by atoms with Gasteiger partial charge in [-0.2, -0.15) is 0 Å². The molecular formula is C16H15BrOS. The van der Waals surface area contributed by atoms with Gasteiger partial charge in [-0.25, -0.2) is 0 Å². The Balaban J connectivity index is 1.69. The molecule has 0 spiro atoms. The average Bonchev–Trinajstić information content (AvgIpc) is 2.83. The molecule has 0 N–H and O–H groups in total. The van der Waals surface area contributed by atoms with Crippen molar-refractivity contribution in [1.82, 2.24) is 0 Å². The van der Waals surface area contributed by atoms with Crippen molar-refractivity contribution in [3.8, 4) is 0 Å². The highest BCUT2D eigenvalue weighted by molar-refractivity contribution is 9.11. The van der Waals surface area contributed by atoms with Gasteiger partial charge in [0.2, 0.25) is 0 Å². The van der Waals surface area contributed by atoms with Crippen LogP contribution >= 0.6 is 27.3 Å². The topological polar surface area (TPSA) is 17.1 Å². The summed E-state index contributed by atoms with van der Waals surface area (Å²) in [6, 6.07) is 12.6. The van der Waals surface area contributed by atoms with Crippen LogP contribution in [0.4, 0.5) is 0 Å². The first-order chi connectivity index (χ1) is 9.22. The number of carbonyl (C=O) groups excluding carboxylic acids is 1. The molecule has 0 amide bonds. The molecule has 1 atom stereocenters. The van der Waals surface area contributed by atoms with Gasteiger partial charge in [-0.15, -0.1) is 11.3 Å².